The highest BCUT2D eigenvalue weighted by Crippen LogP contribution is 2.22. The van der Waals surface area contributed by atoms with Crippen molar-refractivity contribution in [1.82, 2.24) is 4.98 Å². The lowest BCUT2D eigenvalue weighted by atomic mass is 9.99. The zero-order chi connectivity index (χ0) is 13.5. The van der Waals surface area contributed by atoms with Crippen molar-refractivity contribution in [2.75, 3.05) is 0 Å². The van der Waals surface area contributed by atoms with Gasteiger partial charge < -0.3 is 4.98 Å². The van der Waals surface area contributed by atoms with E-state index < -0.39 is 0 Å². The van der Waals surface area contributed by atoms with Crippen LogP contribution < -0.4 is 0 Å². The molecule has 0 aromatic carbocycles. The van der Waals surface area contributed by atoms with Gasteiger partial charge >= 0.3 is 0 Å². The standard InChI is InChI=1S/C13H15N3S2/c1-2-3-4-5-6-9-10(7-14)12(17)16-13(18)11(9)8-15/h2-6H2,1H3,(H2,16,17,18). The van der Waals surface area contributed by atoms with Crippen molar-refractivity contribution in [3.8, 4) is 12.1 Å². The fourth-order valence-electron chi connectivity index (χ4n) is 1.85. The average molecular weight is 277 g/mol. The third kappa shape index (κ3) is 3.35. The molecule has 0 aliphatic carbocycles. The highest BCUT2D eigenvalue weighted by Gasteiger charge is 2.13. The number of unbranched alkanes of at least 4 members (excludes halogenated alkanes) is 3. The third-order valence-electron chi connectivity index (χ3n) is 2.80. The molecule has 1 rings (SSSR count). The maximum Gasteiger partial charge on any atom is 0.122 e. The van der Waals surface area contributed by atoms with E-state index in [1.807, 2.05) is 0 Å². The third-order valence-corrected chi connectivity index (χ3v) is 3.44. The van der Waals surface area contributed by atoms with E-state index in [0.29, 0.717) is 27.2 Å². The molecule has 1 heterocycles. The average Bonchev–Trinajstić information content (AvgIpc) is 2.34. The molecule has 0 unspecified atom stereocenters. The number of hydrogen-bond acceptors (Lipinski definition) is 4. The Balaban J connectivity index is 3.11. The molecule has 1 aromatic heterocycles. The summed E-state index contributed by atoms with van der Waals surface area (Å²) in [7, 11) is 0. The van der Waals surface area contributed by atoms with Crippen molar-refractivity contribution in [2.24, 2.45) is 0 Å². The maximum atomic E-state index is 9.15. The monoisotopic (exact) mass is 277 g/mol. The number of H-pyrrole nitrogens is 1. The summed E-state index contributed by atoms with van der Waals surface area (Å²) in [6, 6.07) is 4.19. The van der Waals surface area contributed by atoms with Crippen molar-refractivity contribution >= 4 is 24.8 Å². The van der Waals surface area contributed by atoms with Crippen molar-refractivity contribution < 1.29 is 0 Å². The van der Waals surface area contributed by atoms with Crippen molar-refractivity contribution in [2.45, 2.75) is 44.1 Å². The van der Waals surface area contributed by atoms with Crippen LogP contribution in [0.1, 0.15) is 49.3 Å². The van der Waals surface area contributed by atoms with Crippen LogP contribution in [0.25, 0.3) is 0 Å². The molecular weight excluding hydrogens is 262 g/mol. The minimum absolute atomic E-state index is 0.368. The zero-order valence-electron chi connectivity index (χ0n) is 10.3. The Bertz CT molecular complexity index is 561. The highest BCUT2D eigenvalue weighted by molar-refractivity contribution is 7.80. The predicted octanol–water partition coefficient (Wildman–Crippen LogP) is 3.90. The first-order valence-electron chi connectivity index (χ1n) is 5.94. The van der Waals surface area contributed by atoms with E-state index >= 15 is 0 Å². The fraction of sp³-hybridized carbons (Fsp3) is 0.462. The number of thiol groups is 1. The molecule has 18 heavy (non-hydrogen) atoms. The molecule has 0 fully saturated rings. The first-order chi connectivity index (χ1) is 8.65. The Morgan fingerprint density at radius 2 is 1.83 bits per heavy atom. The molecule has 0 amide bonds. The van der Waals surface area contributed by atoms with E-state index in [2.05, 4.69) is 36.7 Å². The highest BCUT2D eigenvalue weighted by atomic mass is 32.1. The topological polar surface area (TPSA) is 63.4 Å². The summed E-state index contributed by atoms with van der Waals surface area (Å²) in [5.41, 5.74) is 1.60. The van der Waals surface area contributed by atoms with Gasteiger partial charge in [0.2, 0.25) is 0 Å². The van der Waals surface area contributed by atoms with Crippen LogP contribution in [0.2, 0.25) is 0 Å². The molecule has 5 heteroatoms. The van der Waals surface area contributed by atoms with Crippen LogP contribution in [0, 0.1) is 27.3 Å². The molecule has 0 bridgehead atoms. The molecular formula is C13H15N3S2. The second-order valence-corrected chi connectivity index (χ2v) is 4.92. The quantitative estimate of drug-likeness (QED) is 0.487. The smallest absolute Gasteiger partial charge is 0.122 e. The number of hydrogen-bond donors (Lipinski definition) is 2. The molecule has 0 aliphatic rings. The Hall–Kier alpha value is -1.30. The molecule has 0 aliphatic heterocycles. The molecule has 0 saturated heterocycles. The second kappa shape index (κ2) is 7.20. The molecule has 1 aromatic rings. The van der Waals surface area contributed by atoms with E-state index in [4.69, 9.17) is 22.7 Å². The molecule has 0 saturated carbocycles. The summed E-state index contributed by atoms with van der Waals surface area (Å²) in [5.74, 6) is 0. The first kappa shape index (κ1) is 14.8. The van der Waals surface area contributed by atoms with Crippen molar-refractivity contribution in [3.05, 3.63) is 21.3 Å². The molecule has 0 atom stereocenters. The number of nitrogens with zero attached hydrogens (tertiary/aromatic N) is 2. The molecule has 3 nitrogen and oxygen atoms in total. The summed E-state index contributed by atoms with van der Waals surface area (Å²) in [6.07, 6.45) is 5.08. The molecule has 94 valence electrons. The first-order valence-corrected chi connectivity index (χ1v) is 6.79. The van der Waals surface area contributed by atoms with Gasteiger partial charge in [-0.25, -0.2) is 0 Å². The van der Waals surface area contributed by atoms with Gasteiger partial charge in [-0.15, -0.1) is 12.6 Å². The van der Waals surface area contributed by atoms with Gasteiger partial charge in [0.15, 0.2) is 0 Å². The Morgan fingerprint density at radius 1 is 1.17 bits per heavy atom. The van der Waals surface area contributed by atoms with E-state index in [0.717, 1.165) is 31.2 Å². The fourth-order valence-corrected chi connectivity index (χ4v) is 2.50. The molecule has 1 N–H and O–H groups in total. The van der Waals surface area contributed by atoms with Gasteiger partial charge in [0, 0.05) is 0 Å². The van der Waals surface area contributed by atoms with Crippen LogP contribution in [0.15, 0.2) is 5.03 Å². The zero-order valence-corrected chi connectivity index (χ0v) is 12.0. The summed E-state index contributed by atoms with van der Waals surface area (Å²) >= 11 is 9.31. The van der Waals surface area contributed by atoms with Crippen LogP contribution in [-0.2, 0) is 6.42 Å². The lowest BCUT2D eigenvalue weighted by Crippen LogP contribution is -2.01. The van der Waals surface area contributed by atoms with Crippen LogP contribution in [-0.4, -0.2) is 4.98 Å². The lowest BCUT2D eigenvalue weighted by Gasteiger charge is -2.08. The van der Waals surface area contributed by atoms with Gasteiger partial charge in [-0.3, -0.25) is 0 Å². The number of nitriles is 2. The van der Waals surface area contributed by atoms with E-state index in [1.54, 1.807) is 0 Å². The number of rotatable bonds is 5. The maximum absolute atomic E-state index is 9.15. The van der Waals surface area contributed by atoms with Crippen LogP contribution in [0.3, 0.4) is 0 Å². The van der Waals surface area contributed by atoms with Gasteiger partial charge in [0.05, 0.1) is 16.2 Å². The van der Waals surface area contributed by atoms with Gasteiger partial charge in [0.1, 0.15) is 16.8 Å². The number of pyridine rings is 1. The van der Waals surface area contributed by atoms with E-state index in [1.165, 1.54) is 0 Å². The Kier molecular flexibility index (Phi) is 5.91. The van der Waals surface area contributed by atoms with Gasteiger partial charge in [-0.05, 0) is 18.4 Å². The van der Waals surface area contributed by atoms with Crippen molar-refractivity contribution in [3.63, 3.8) is 0 Å². The van der Waals surface area contributed by atoms with Crippen LogP contribution >= 0.6 is 24.8 Å². The summed E-state index contributed by atoms with van der Waals surface area (Å²) in [6.45, 7) is 2.14. The van der Waals surface area contributed by atoms with Gasteiger partial charge in [-0.2, -0.15) is 10.5 Å². The predicted molar refractivity (Wildman–Crippen MR) is 76.2 cm³/mol. The van der Waals surface area contributed by atoms with Gasteiger partial charge in [-0.1, -0.05) is 38.4 Å². The Morgan fingerprint density at radius 3 is 2.39 bits per heavy atom. The minimum atomic E-state index is 0.368. The number of aromatic nitrogens is 1. The van der Waals surface area contributed by atoms with Crippen LogP contribution in [0.4, 0.5) is 0 Å². The largest absolute Gasteiger partial charge is 0.339 e. The summed E-state index contributed by atoms with van der Waals surface area (Å²) in [5, 5.41) is 18.7. The number of nitrogens with one attached hydrogen (secondary N) is 1. The SMILES string of the molecule is CCCCCCc1c(C#N)c(S)[nH]c(=S)c1C#N. The molecule has 0 radical (unpaired) electrons. The summed E-state index contributed by atoms with van der Waals surface area (Å²) < 4.78 is 0.368. The number of aromatic amines is 1. The Labute approximate surface area is 118 Å². The van der Waals surface area contributed by atoms with E-state index in [9.17, 15) is 0 Å². The van der Waals surface area contributed by atoms with E-state index in [-0.39, 0.29) is 0 Å². The summed E-state index contributed by atoms with van der Waals surface area (Å²) in [4.78, 5) is 2.79. The minimum Gasteiger partial charge on any atom is -0.339 e. The molecule has 0 spiro atoms. The van der Waals surface area contributed by atoms with Crippen molar-refractivity contribution in [1.29, 1.82) is 10.5 Å². The van der Waals surface area contributed by atoms with Crippen LogP contribution in [0.5, 0.6) is 0 Å². The van der Waals surface area contributed by atoms with Gasteiger partial charge in [0.25, 0.3) is 0 Å². The second-order valence-electron chi connectivity index (χ2n) is 4.07. The normalized spacial score (nSPS) is 9.78. The lowest BCUT2D eigenvalue weighted by molar-refractivity contribution is 0.664.